The van der Waals surface area contributed by atoms with Crippen LogP contribution in [0.1, 0.15) is 11.1 Å². The minimum Gasteiger partial charge on any atom is -0.392 e. The Hall–Kier alpha value is -1.64. The first-order valence-corrected chi connectivity index (χ1v) is 5.16. The Morgan fingerprint density at radius 3 is 1.06 bits per heavy atom. The molecule has 2 heteroatoms. The van der Waals surface area contributed by atoms with Gasteiger partial charge in [0.2, 0.25) is 0 Å². The fourth-order valence-electron chi connectivity index (χ4n) is 1.17. The van der Waals surface area contributed by atoms with Crippen LogP contribution in [-0.2, 0) is 13.2 Å². The molecule has 2 aromatic carbocycles. The van der Waals surface area contributed by atoms with Gasteiger partial charge in [0, 0.05) is 0 Å². The molecule has 0 spiro atoms. The number of hydrogen-bond donors (Lipinski definition) is 2. The summed E-state index contributed by atoms with van der Waals surface area (Å²) >= 11 is 0. The summed E-state index contributed by atoms with van der Waals surface area (Å²) in [5, 5.41) is 17.1. The van der Waals surface area contributed by atoms with E-state index >= 15 is 0 Å². The Labute approximate surface area is 95.8 Å². The van der Waals surface area contributed by atoms with E-state index in [4.69, 9.17) is 10.2 Å². The third kappa shape index (κ3) is 4.73. The molecule has 0 radical (unpaired) electrons. The fourth-order valence-corrected chi connectivity index (χ4v) is 1.17. The molecular formula is C14H16O2. The molecule has 0 aliphatic rings. The molecule has 0 fully saturated rings. The molecular weight excluding hydrogens is 200 g/mol. The molecule has 0 aliphatic carbocycles. The van der Waals surface area contributed by atoms with Gasteiger partial charge in [-0.05, 0) is 11.1 Å². The van der Waals surface area contributed by atoms with Gasteiger partial charge < -0.3 is 10.2 Å². The lowest BCUT2D eigenvalue weighted by Gasteiger charge is -1.89. The van der Waals surface area contributed by atoms with Crippen LogP contribution in [0.15, 0.2) is 60.7 Å². The molecule has 16 heavy (non-hydrogen) atoms. The second-order valence-corrected chi connectivity index (χ2v) is 3.29. The van der Waals surface area contributed by atoms with Crippen LogP contribution in [0.25, 0.3) is 0 Å². The standard InChI is InChI=1S/2C7H8O/c2*8-6-7-4-2-1-3-5-7/h2*1-5,8H,6H2. The van der Waals surface area contributed by atoms with Crippen LogP contribution in [0.2, 0.25) is 0 Å². The van der Waals surface area contributed by atoms with Gasteiger partial charge >= 0.3 is 0 Å². The maximum Gasteiger partial charge on any atom is 0.0681 e. The van der Waals surface area contributed by atoms with Gasteiger partial charge in [0.1, 0.15) is 0 Å². The van der Waals surface area contributed by atoms with Crippen molar-refractivity contribution in [1.29, 1.82) is 0 Å². The van der Waals surface area contributed by atoms with E-state index in [9.17, 15) is 0 Å². The molecule has 0 atom stereocenters. The van der Waals surface area contributed by atoms with E-state index in [0.29, 0.717) is 0 Å². The van der Waals surface area contributed by atoms with Gasteiger partial charge in [0.05, 0.1) is 13.2 Å². The second kappa shape index (κ2) is 7.63. The van der Waals surface area contributed by atoms with E-state index < -0.39 is 0 Å². The van der Waals surface area contributed by atoms with Crippen LogP contribution in [0, 0.1) is 0 Å². The molecule has 0 saturated carbocycles. The summed E-state index contributed by atoms with van der Waals surface area (Å²) in [7, 11) is 0. The van der Waals surface area contributed by atoms with Crippen LogP contribution < -0.4 is 0 Å². The monoisotopic (exact) mass is 216 g/mol. The van der Waals surface area contributed by atoms with E-state index in [1.54, 1.807) is 0 Å². The molecule has 2 aromatic rings. The topological polar surface area (TPSA) is 40.5 Å². The molecule has 0 aromatic heterocycles. The van der Waals surface area contributed by atoms with E-state index in [-0.39, 0.29) is 13.2 Å². The van der Waals surface area contributed by atoms with E-state index in [2.05, 4.69) is 0 Å². The quantitative estimate of drug-likeness (QED) is 0.809. The minimum atomic E-state index is 0.140. The van der Waals surface area contributed by atoms with Crippen molar-refractivity contribution in [2.75, 3.05) is 0 Å². The van der Waals surface area contributed by atoms with Crippen molar-refractivity contribution in [2.45, 2.75) is 13.2 Å². The summed E-state index contributed by atoms with van der Waals surface area (Å²) < 4.78 is 0. The maximum atomic E-state index is 8.54. The summed E-state index contributed by atoms with van der Waals surface area (Å²) in [5.74, 6) is 0. The van der Waals surface area contributed by atoms with Crippen molar-refractivity contribution in [3.05, 3.63) is 71.8 Å². The molecule has 2 rings (SSSR count). The molecule has 2 N–H and O–H groups in total. The third-order valence-corrected chi connectivity index (χ3v) is 2.05. The molecule has 0 saturated heterocycles. The highest BCUT2D eigenvalue weighted by Crippen LogP contribution is 1.96. The smallest absolute Gasteiger partial charge is 0.0681 e. The lowest BCUT2D eigenvalue weighted by molar-refractivity contribution is 0.281. The molecule has 0 aliphatic heterocycles. The van der Waals surface area contributed by atoms with Gasteiger partial charge in [-0.1, -0.05) is 60.7 Å². The largest absolute Gasteiger partial charge is 0.392 e. The average molecular weight is 216 g/mol. The number of aliphatic hydroxyl groups is 2. The number of aliphatic hydroxyl groups excluding tert-OH is 2. The van der Waals surface area contributed by atoms with Crippen molar-refractivity contribution < 1.29 is 10.2 Å². The Kier molecular flexibility index (Phi) is 5.92. The molecule has 0 bridgehead atoms. The third-order valence-electron chi connectivity index (χ3n) is 2.05. The first-order chi connectivity index (χ1) is 7.86. The number of hydrogen-bond acceptors (Lipinski definition) is 2. The number of benzene rings is 2. The molecule has 0 unspecified atom stereocenters. The summed E-state index contributed by atoms with van der Waals surface area (Å²) in [6.45, 7) is 0.279. The molecule has 84 valence electrons. The van der Waals surface area contributed by atoms with Gasteiger partial charge in [-0.15, -0.1) is 0 Å². The van der Waals surface area contributed by atoms with Crippen LogP contribution in [0.3, 0.4) is 0 Å². The maximum absolute atomic E-state index is 8.54. The zero-order valence-electron chi connectivity index (χ0n) is 9.08. The Bertz CT molecular complexity index is 331. The highest BCUT2D eigenvalue weighted by atomic mass is 16.3. The predicted octanol–water partition coefficient (Wildman–Crippen LogP) is 2.36. The molecule has 0 heterocycles. The fraction of sp³-hybridized carbons (Fsp3) is 0.143. The van der Waals surface area contributed by atoms with Crippen LogP contribution in [0.5, 0.6) is 0 Å². The summed E-state index contributed by atoms with van der Waals surface area (Å²) in [4.78, 5) is 0. The average Bonchev–Trinajstić information content (AvgIpc) is 2.41. The molecule has 2 nitrogen and oxygen atoms in total. The first-order valence-electron chi connectivity index (χ1n) is 5.16. The highest BCUT2D eigenvalue weighted by molar-refractivity contribution is 5.13. The Morgan fingerprint density at radius 2 is 0.875 bits per heavy atom. The Morgan fingerprint density at radius 1 is 0.562 bits per heavy atom. The van der Waals surface area contributed by atoms with Crippen LogP contribution in [0.4, 0.5) is 0 Å². The number of rotatable bonds is 2. The van der Waals surface area contributed by atoms with E-state index in [1.165, 1.54) is 0 Å². The van der Waals surface area contributed by atoms with Gasteiger partial charge in [-0.2, -0.15) is 0 Å². The normalized spacial score (nSPS) is 9.12. The van der Waals surface area contributed by atoms with Gasteiger partial charge in [-0.3, -0.25) is 0 Å². The first kappa shape index (κ1) is 12.4. The minimum absolute atomic E-state index is 0.140. The molecule has 0 amide bonds. The summed E-state index contributed by atoms with van der Waals surface area (Å²) in [6.07, 6.45) is 0. The summed E-state index contributed by atoms with van der Waals surface area (Å²) in [6, 6.07) is 19.0. The predicted molar refractivity (Wildman–Crippen MR) is 64.7 cm³/mol. The van der Waals surface area contributed by atoms with Gasteiger partial charge in [0.15, 0.2) is 0 Å². The summed E-state index contributed by atoms with van der Waals surface area (Å²) in [5.41, 5.74) is 1.93. The van der Waals surface area contributed by atoms with Crippen molar-refractivity contribution in [2.24, 2.45) is 0 Å². The van der Waals surface area contributed by atoms with Gasteiger partial charge in [0.25, 0.3) is 0 Å². The zero-order chi connectivity index (χ0) is 11.6. The SMILES string of the molecule is OCc1ccccc1.OCc1ccccc1. The van der Waals surface area contributed by atoms with E-state index in [1.807, 2.05) is 60.7 Å². The van der Waals surface area contributed by atoms with Crippen LogP contribution >= 0.6 is 0 Å². The second-order valence-electron chi connectivity index (χ2n) is 3.29. The zero-order valence-corrected chi connectivity index (χ0v) is 9.08. The van der Waals surface area contributed by atoms with Crippen molar-refractivity contribution in [3.63, 3.8) is 0 Å². The lowest BCUT2D eigenvalue weighted by Crippen LogP contribution is -1.77. The highest BCUT2D eigenvalue weighted by Gasteiger charge is 1.81. The van der Waals surface area contributed by atoms with Crippen LogP contribution in [-0.4, -0.2) is 10.2 Å². The van der Waals surface area contributed by atoms with Gasteiger partial charge in [-0.25, -0.2) is 0 Å². The van der Waals surface area contributed by atoms with Crippen molar-refractivity contribution in [3.8, 4) is 0 Å². The lowest BCUT2D eigenvalue weighted by atomic mass is 10.2. The van der Waals surface area contributed by atoms with Crippen molar-refractivity contribution in [1.82, 2.24) is 0 Å². The Balaban J connectivity index is 0.000000160. The van der Waals surface area contributed by atoms with E-state index in [0.717, 1.165) is 11.1 Å². The van der Waals surface area contributed by atoms with Crippen molar-refractivity contribution >= 4 is 0 Å².